The Balaban J connectivity index is 2.57. The molecule has 0 spiro atoms. The highest BCUT2D eigenvalue weighted by atomic mass is 35.5. The summed E-state index contributed by atoms with van der Waals surface area (Å²) < 4.78 is 2.19. The first-order chi connectivity index (χ1) is 8.17. The fourth-order valence-corrected chi connectivity index (χ4v) is 2.36. The van der Waals surface area contributed by atoms with Crippen LogP contribution < -0.4 is 0 Å². The molecular weight excluding hydrogens is 234 g/mol. The number of aliphatic hydroxyl groups is 1. The number of aliphatic hydroxyl groups excluding tert-OH is 1. The van der Waals surface area contributed by atoms with E-state index in [2.05, 4.69) is 23.8 Å². The van der Waals surface area contributed by atoms with Crippen LogP contribution in [0.4, 0.5) is 0 Å². The topological polar surface area (TPSA) is 25.2 Å². The van der Waals surface area contributed by atoms with Crippen LogP contribution in [0.2, 0.25) is 5.02 Å². The molecule has 0 aliphatic carbocycles. The van der Waals surface area contributed by atoms with E-state index in [1.54, 1.807) is 0 Å². The van der Waals surface area contributed by atoms with Crippen LogP contribution in [-0.4, -0.2) is 16.3 Å². The number of hydrogen-bond donors (Lipinski definition) is 1. The molecule has 2 rings (SSSR count). The predicted octanol–water partition coefficient (Wildman–Crippen LogP) is 3.55. The number of aromatic nitrogens is 1. The van der Waals surface area contributed by atoms with Gasteiger partial charge >= 0.3 is 0 Å². The SMILES string of the molecule is CCc1cn(CCCO)c2cc(Cl)c(C)cc12. The molecule has 0 atom stereocenters. The largest absolute Gasteiger partial charge is 0.396 e. The number of benzene rings is 1. The van der Waals surface area contributed by atoms with Crippen molar-refractivity contribution in [3.63, 3.8) is 0 Å². The molecule has 1 aromatic carbocycles. The van der Waals surface area contributed by atoms with Crippen LogP contribution in [0.25, 0.3) is 10.9 Å². The maximum atomic E-state index is 8.92. The molecule has 1 aromatic heterocycles. The fraction of sp³-hybridized carbons (Fsp3) is 0.429. The van der Waals surface area contributed by atoms with Crippen molar-refractivity contribution in [3.05, 3.63) is 34.5 Å². The van der Waals surface area contributed by atoms with E-state index < -0.39 is 0 Å². The quantitative estimate of drug-likeness (QED) is 0.883. The monoisotopic (exact) mass is 251 g/mol. The van der Waals surface area contributed by atoms with Gasteiger partial charge in [-0.1, -0.05) is 18.5 Å². The molecule has 0 fully saturated rings. The zero-order chi connectivity index (χ0) is 12.4. The van der Waals surface area contributed by atoms with Crippen molar-refractivity contribution in [3.8, 4) is 0 Å². The normalized spacial score (nSPS) is 11.3. The van der Waals surface area contributed by atoms with Crippen LogP contribution in [0, 0.1) is 6.92 Å². The van der Waals surface area contributed by atoms with E-state index in [9.17, 15) is 0 Å². The lowest BCUT2D eigenvalue weighted by Crippen LogP contribution is -1.98. The molecule has 1 heterocycles. The van der Waals surface area contributed by atoms with Crippen LogP contribution in [-0.2, 0) is 13.0 Å². The van der Waals surface area contributed by atoms with Gasteiger partial charge in [-0.25, -0.2) is 0 Å². The summed E-state index contributed by atoms with van der Waals surface area (Å²) in [6.45, 7) is 5.26. The van der Waals surface area contributed by atoms with Gasteiger partial charge in [-0.15, -0.1) is 0 Å². The predicted molar refractivity (Wildman–Crippen MR) is 72.8 cm³/mol. The van der Waals surface area contributed by atoms with Gasteiger partial charge in [0.05, 0.1) is 0 Å². The minimum absolute atomic E-state index is 0.223. The molecule has 0 aliphatic heterocycles. The van der Waals surface area contributed by atoms with E-state index in [0.29, 0.717) is 0 Å². The molecule has 2 aromatic rings. The summed E-state index contributed by atoms with van der Waals surface area (Å²) >= 11 is 6.18. The maximum Gasteiger partial charge on any atom is 0.0498 e. The first-order valence-electron chi connectivity index (χ1n) is 6.06. The van der Waals surface area contributed by atoms with E-state index >= 15 is 0 Å². The second kappa shape index (κ2) is 5.11. The van der Waals surface area contributed by atoms with E-state index in [0.717, 1.165) is 30.0 Å². The smallest absolute Gasteiger partial charge is 0.0498 e. The Kier molecular flexibility index (Phi) is 3.75. The van der Waals surface area contributed by atoms with E-state index in [4.69, 9.17) is 16.7 Å². The lowest BCUT2D eigenvalue weighted by molar-refractivity contribution is 0.280. The van der Waals surface area contributed by atoms with Crippen LogP contribution in [0.15, 0.2) is 18.3 Å². The van der Waals surface area contributed by atoms with Crippen molar-refractivity contribution in [1.29, 1.82) is 0 Å². The fourth-order valence-electron chi connectivity index (χ4n) is 2.20. The molecule has 0 radical (unpaired) electrons. The van der Waals surface area contributed by atoms with Crippen molar-refractivity contribution < 1.29 is 5.11 Å². The zero-order valence-corrected chi connectivity index (χ0v) is 11.1. The van der Waals surface area contributed by atoms with Gasteiger partial charge in [0.1, 0.15) is 0 Å². The summed E-state index contributed by atoms with van der Waals surface area (Å²) in [7, 11) is 0. The molecule has 0 aliphatic rings. The Morgan fingerprint density at radius 3 is 2.76 bits per heavy atom. The highest BCUT2D eigenvalue weighted by Gasteiger charge is 2.09. The van der Waals surface area contributed by atoms with Gasteiger partial charge in [-0.3, -0.25) is 0 Å². The average molecular weight is 252 g/mol. The number of aryl methyl sites for hydroxylation is 3. The van der Waals surface area contributed by atoms with E-state index in [-0.39, 0.29) is 6.61 Å². The highest BCUT2D eigenvalue weighted by molar-refractivity contribution is 6.32. The zero-order valence-electron chi connectivity index (χ0n) is 10.3. The van der Waals surface area contributed by atoms with Crippen LogP contribution in [0.5, 0.6) is 0 Å². The van der Waals surface area contributed by atoms with Crippen molar-refractivity contribution in [2.45, 2.75) is 33.2 Å². The van der Waals surface area contributed by atoms with Crippen LogP contribution in [0.1, 0.15) is 24.5 Å². The molecular formula is C14H18ClNO. The minimum Gasteiger partial charge on any atom is -0.396 e. The van der Waals surface area contributed by atoms with Gasteiger partial charge < -0.3 is 9.67 Å². The molecule has 0 saturated heterocycles. The molecule has 3 heteroatoms. The van der Waals surface area contributed by atoms with Gasteiger partial charge in [-0.2, -0.15) is 0 Å². The minimum atomic E-state index is 0.223. The van der Waals surface area contributed by atoms with E-state index in [1.807, 2.05) is 13.0 Å². The number of nitrogens with zero attached hydrogens (tertiary/aromatic N) is 1. The van der Waals surface area contributed by atoms with Gasteiger partial charge in [0.2, 0.25) is 0 Å². The molecule has 0 amide bonds. The summed E-state index contributed by atoms with van der Waals surface area (Å²) in [6.07, 6.45) is 3.97. The summed E-state index contributed by atoms with van der Waals surface area (Å²) in [4.78, 5) is 0. The van der Waals surface area contributed by atoms with Crippen LogP contribution >= 0.6 is 11.6 Å². The van der Waals surface area contributed by atoms with Gasteiger partial charge in [0.25, 0.3) is 0 Å². The second-order valence-corrected chi connectivity index (χ2v) is 4.80. The molecule has 92 valence electrons. The van der Waals surface area contributed by atoms with Crippen molar-refractivity contribution >= 4 is 22.5 Å². The third kappa shape index (κ3) is 2.33. The lowest BCUT2D eigenvalue weighted by atomic mass is 10.1. The van der Waals surface area contributed by atoms with Gasteiger partial charge in [-0.05, 0) is 43.0 Å². The molecule has 0 unspecified atom stereocenters. The number of hydrogen-bond acceptors (Lipinski definition) is 1. The molecule has 17 heavy (non-hydrogen) atoms. The Morgan fingerprint density at radius 1 is 1.35 bits per heavy atom. The molecule has 2 nitrogen and oxygen atoms in total. The average Bonchev–Trinajstić information content (AvgIpc) is 2.65. The Bertz CT molecular complexity index is 530. The molecule has 1 N–H and O–H groups in total. The molecule has 0 bridgehead atoms. The summed E-state index contributed by atoms with van der Waals surface area (Å²) in [5.74, 6) is 0. The standard InChI is InChI=1S/C14H18ClNO/c1-3-11-9-16(5-4-6-17)14-8-13(15)10(2)7-12(11)14/h7-9,17H,3-6H2,1-2H3. The number of rotatable bonds is 4. The number of fused-ring (bicyclic) bond motifs is 1. The van der Waals surface area contributed by atoms with Gasteiger partial charge in [0, 0.05) is 35.3 Å². The summed E-state index contributed by atoms with van der Waals surface area (Å²) in [5, 5.41) is 11.0. The van der Waals surface area contributed by atoms with Gasteiger partial charge in [0.15, 0.2) is 0 Å². The van der Waals surface area contributed by atoms with Crippen LogP contribution in [0.3, 0.4) is 0 Å². The first kappa shape index (κ1) is 12.5. The second-order valence-electron chi connectivity index (χ2n) is 4.40. The Hall–Kier alpha value is -0.990. The number of halogens is 1. The van der Waals surface area contributed by atoms with Crippen molar-refractivity contribution in [2.75, 3.05) is 6.61 Å². The lowest BCUT2D eigenvalue weighted by Gasteiger charge is -2.05. The maximum absolute atomic E-state index is 8.92. The Morgan fingerprint density at radius 2 is 2.12 bits per heavy atom. The molecule has 0 saturated carbocycles. The van der Waals surface area contributed by atoms with E-state index in [1.165, 1.54) is 16.5 Å². The summed E-state index contributed by atoms with van der Waals surface area (Å²) in [6, 6.07) is 4.19. The van der Waals surface area contributed by atoms with Crippen molar-refractivity contribution in [2.24, 2.45) is 0 Å². The summed E-state index contributed by atoms with van der Waals surface area (Å²) in [5.41, 5.74) is 3.64. The third-order valence-electron chi connectivity index (χ3n) is 3.18. The first-order valence-corrected chi connectivity index (χ1v) is 6.44. The third-order valence-corrected chi connectivity index (χ3v) is 3.59. The Labute approximate surface area is 107 Å². The van der Waals surface area contributed by atoms with Crippen molar-refractivity contribution in [1.82, 2.24) is 4.57 Å². The highest BCUT2D eigenvalue weighted by Crippen LogP contribution is 2.28.